The molecule has 0 radical (unpaired) electrons. The van der Waals surface area contributed by atoms with E-state index in [2.05, 4.69) is 121 Å². The van der Waals surface area contributed by atoms with Gasteiger partial charge < -0.3 is 9.97 Å². The molecule has 7 aromatic rings. The summed E-state index contributed by atoms with van der Waals surface area (Å²) in [5.74, 6) is 0. The lowest BCUT2D eigenvalue weighted by molar-refractivity contribution is 0.922. The molecule has 6 heteroatoms. The standard InChI is InChI=1S/C48H40N6/c1-3-9-31-13-17-33(18-14-31)45-37-21-25-41(51-37)47(35-11-5-7-29-49-35)43-27-23-39(53-43)46(34-19-15-32(10-4-2)16-20-34)40-24-28-44(54-40)48(36-12-6-8-30-50-36)42-26-22-38(45)52-42/h5-8,11-30,51,54H,3-4,9-10H2,1-2H3. The summed E-state index contributed by atoms with van der Waals surface area (Å²) in [6.07, 6.45) is 16.4. The number of nitrogens with one attached hydrogen (secondary N) is 2. The van der Waals surface area contributed by atoms with Gasteiger partial charge in [-0.15, -0.1) is 0 Å². The fourth-order valence-corrected chi connectivity index (χ4v) is 7.63. The van der Waals surface area contributed by atoms with E-state index < -0.39 is 0 Å². The van der Waals surface area contributed by atoms with Crippen LogP contribution in [0, 0.1) is 0 Å². The van der Waals surface area contributed by atoms with E-state index >= 15 is 0 Å². The zero-order valence-electron chi connectivity index (χ0n) is 30.5. The van der Waals surface area contributed by atoms with Gasteiger partial charge in [-0.2, -0.15) is 0 Å². The molecular formula is C48H40N6. The van der Waals surface area contributed by atoms with E-state index in [1.807, 2.05) is 48.8 Å². The van der Waals surface area contributed by atoms with Crippen LogP contribution in [0.25, 0.3) is 91.1 Å². The largest absolute Gasteiger partial charge is 0.354 e. The molecule has 2 aliphatic heterocycles. The van der Waals surface area contributed by atoms with Crippen molar-refractivity contribution in [2.75, 3.05) is 0 Å². The van der Waals surface area contributed by atoms with Crippen LogP contribution in [0.3, 0.4) is 0 Å². The molecule has 7 heterocycles. The maximum absolute atomic E-state index is 5.38. The highest BCUT2D eigenvalue weighted by atomic mass is 14.8. The number of hydrogen-bond donors (Lipinski definition) is 2. The van der Waals surface area contributed by atoms with E-state index in [1.165, 1.54) is 11.1 Å². The van der Waals surface area contributed by atoms with Gasteiger partial charge in [0.1, 0.15) is 0 Å². The minimum atomic E-state index is 0.844. The highest BCUT2D eigenvalue weighted by molar-refractivity contribution is 5.99. The van der Waals surface area contributed by atoms with E-state index in [0.717, 1.165) is 115 Å². The SMILES string of the molecule is CCCc1ccc(-c2c3nc(c(-c4ccccn4)c4ccc([nH]4)c(-c4ccc(CCC)cc4)c4nc(c(-c5ccccn5)c5ccc2[nH]5)C=C4)C=C3)cc1. The topological polar surface area (TPSA) is 83.1 Å². The van der Waals surface area contributed by atoms with Crippen molar-refractivity contribution in [3.05, 3.63) is 155 Å². The Kier molecular flexibility index (Phi) is 8.85. The molecule has 9 rings (SSSR count). The van der Waals surface area contributed by atoms with Crippen LogP contribution >= 0.6 is 0 Å². The summed E-state index contributed by atoms with van der Waals surface area (Å²) in [6.45, 7) is 4.43. The Morgan fingerprint density at radius 2 is 0.778 bits per heavy atom. The molecule has 0 saturated carbocycles. The van der Waals surface area contributed by atoms with Crippen molar-refractivity contribution in [3.8, 4) is 44.8 Å². The van der Waals surface area contributed by atoms with Gasteiger partial charge in [-0.3, -0.25) is 9.97 Å². The summed E-state index contributed by atoms with van der Waals surface area (Å²) >= 11 is 0. The van der Waals surface area contributed by atoms with Gasteiger partial charge in [0.05, 0.1) is 45.2 Å². The van der Waals surface area contributed by atoms with Gasteiger partial charge >= 0.3 is 0 Å². The normalized spacial score (nSPS) is 12.0. The Bertz CT molecular complexity index is 2510. The molecule has 2 N–H and O–H groups in total. The van der Waals surface area contributed by atoms with Crippen LogP contribution in [0.2, 0.25) is 0 Å². The van der Waals surface area contributed by atoms with Crippen LogP contribution in [0.15, 0.2) is 122 Å². The number of rotatable bonds is 8. The van der Waals surface area contributed by atoms with Crippen LogP contribution in [-0.2, 0) is 12.8 Å². The predicted octanol–water partition coefficient (Wildman–Crippen LogP) is 12.0. The Labute approximate surface area is 315 Å². The van der Waals surface area contributed by atoms with Gasteiger partial charge in [0, 0.05) is 45.7 Å². The van der Waals surface area contributed by atoms with Crippen molar-refractivity contribution < 1.29 is 0 Å². The second kappa shape index (κ2) is 14.4. The van der Waals surface area contributed by atoms with Gasteiger partial charge in [-0.25, -0.2) is 9.97 Å². The third-order valence-electron chi connectivity index (χ3n) is 10.2. The molecule has 0 unspecified atom stereocenters. The first-order valence-corrected chi connectivity index (χ1v) is 18.8. The van der Waals surface area contributed by atoms with E-state index in [9.17, 15) is 0 Å². The molecule has 5 aromatic heterocycles. The first-order chi connectivity index (χ1) is 26.7. The Hall–Kier alpha value is -6.66. The quantitative estimate of drug-likeness (QED) is 0.165. The van der Waals surface area contributed by atoms with Crippen molar-refractivity contribution in [1.29, 1.82) is 0 Å². The summed E-state index contributed by atoms with van der Waals surface area (Å²) in [7, 11) is 0. The lowest BCUT2D eigenvalue weighted by Gasteiger charge is -2.07. The van der Waals surface area contributed by atoms with Crippen molar-refractivity contribution in [1.82, 2.24) is 29.9 Å². The van der Waals surface area contributed by atoms with E-state index in [1.54, 1.807) is 0 Å². The molecule has 2 aliphatic rings. The maximum Gasteiger partial charge on any atom is 0.0753 e. The first-order valence-electron chi connectivity index (χ1n) is 18.8. The number of hydrogen-bond acceptors (Lipinski definition) is 4. The average molecular weight is 701 g/mol. The molecule has 0 amide bonds. The highest BCUT2D eigenvalue weighted by Gasteiger charge is 2.19. The third-order valence-corrected chi connectivity index (χ3v) is 10.2. The van der Waals surface area contributed by atoms with Crippen LogP contribution in [-0.4, -0.2) is 29.9 Å². The molecule has 6 nitrogen and oxygen atoms in total. The van der Waals surface area contributed by atoms with Gasteiger partial charge in [0.15, 0.2) is 0 Å². The van der Waals surface area contributed by atoms with Gasteiger partial charge in [-0.1, -0.05) is 87.4 Å². The number of aromatic amines is 2. The second-order valence-corrected chi connectivity index (χ2v) is 13.8. The number of aryl methyl sites for hydroxylation is 2. The monoisotopic (exact) mass is 700 g/mol. The van der Waals surface area contributed by atoms with Crippen molar-refractivity contribution in [3.63, 3.8) is 0 Å². The minimum absolute atomic E-state index is 0.844. The highest BCUT2D eigenvalue weighted by Crippen LogP contribution is 2.38. The predicted molar refractivity (Wildman–Crippen MR) is 224 cm³/mol. The van der Waals surface area contributed by atoms with Gasteiger partial charge in [0.25, 0.3) is 0 Å². The summed E-state index contributed by atoms with van der Waals surface area (Å²) in [5.41, 5.74) is 17.7. The number of nitrogens with zero attached hydrogens (tertiary/aromatic N) is 4. The number of fused-ring (bicyclic) bond motifs is 8. The molecule has 0 spiro atoms. The lowest BCUT2D eigenvalue weighted by atomic mass is 10.0. The molecule has 0 aliphatic carbocycles. The zero-order valence-corrected chi connectivity index (χ0v) is 30.5. The van der Waals surface area contributed by atoms with Gasteiger partial charge in [-0.05, 0) is 108 Å². The number of aromatic nitrogens is 6. The van der Waals surface area contributed by atoms with E-state index in [-0.39, 0.29) is 0 Å². The number of pyridine rings is 2. The first kappa shape index (κ1) is 33.2. The maximum atomic E-state index is 5.38. The number of H-pyrrole nitrogens is 2. The van der Waals surface area contributed by atoms with Crippen LogP contribution < -0.4 is 0 Å². The summed E-state index contributed by atoms with van der Waals surface area (Å²) < 4.78 is 0. The molecule has 2 aromatic carbocycles. The third kappa shape index (κ3) is 6.26. The molecular weight excluding hydrogens is 661 g/mol. The molecule has 54 heavy (non-hydrogen) atoms. The van der Waals surface area contributed by atoms with Crippen LogP contribution in [0.1, 0.15) is 60.6 Å². The second-order valence-electron chi connectivity index (χ2n) is 13.8. The molecule has 0 fully saturated rings. The molecule has 8 bridgehead atoms. The molecule has 0 saturated heterocycles. The van der Waals surface area contributed by atoms with Crippen LogP contribution in [0.4, 0.5) is 0 Å². The molecule has 0 atom stereocenters. The number of benzene rings is 2. The summed E-state index contributed by atoms with van der Waals surface area (Å²) in [6, 6.07) is 38.4. The Balaban J connectivity index is 1.42. The lowest BCUT2D eigenvalue weighted by Crippen LogP contribution is -1.91. The van der Waals surface area contributed by atoms with Crippen molar-refractivity contribution in [2.24, 2.45) is 0 Å². The fourth-order valence-electron chi connectivity index (χ4n) is 7.63. The minimum Gasteiger partial charge on any atom is -0.354 e. The van der Waals surface area contributed by atoms with Crippen molar-refractivity contribution >= 4 is 46.4 Å². The van der Waals surface area contributed by atoms with E-state index in [0.29, 0.717) is 0 Å². The fraction of sp³-hybridized carbons (Fsp3) is 0.125. The van der Waals surface area contributed by atoms with E-state index in [4.69, 9.17) is 19.9 Å². The zero-order chi connectivity index (χ0) is 36.4. The Morgan fingerprint density at radius 1 is 0.407 bits per heavy atom. The summed E-state index contributed by atoms with van der Waals surface area (Å²) in [5, 5.41) is 0. The smallest absolute Gasteiger partial charge is 0.0753 e. The average Bonchev–Trinajstić information content (AvgIpc) is 4.05. The van der Waals surface area contributed by atoms with Gasteiger partial charge in [0.2, 0.25) is 0 Å². The van der Waals surface area contributed by atoms with Crippen LogP contribution in [0.5, 0.6) is 0 Å². The molecule has 262 valence electrons. The summed E-state index contributed by atoms with van der Waals surface area (Å²) in [4.78, 5) is 28.0. The Morgan fingerprint density at radius 3 is 1.13 bits per heavy atom. The van der Waals surface area contributed by atoms with Crippen molar-refractivity contribution in [2.45, 2.75) is 39.5 Å².